The van der Waals surface area contributed by atoms with E-state index in [-0.39, 0.29) is 12.5 Å². The maximum Gasteiger partial charge on any atom is 0.413 e. The highest BCUT2D eigenvalue weighted by Gasteiger charge is 2.38. The van der Waals surface area contributed by atoms with Crippen LogP contribution in [0.25, 0.3) is 0 Å². The number of likely N-dealkylation sites (tertiary alicyclic amines) is 1. The highest BCUT2D eigenvalue weighted by Crippen LogP contribution is 2.24. The quantitative estimate of drug-likeness (QED) is 0.288. The van der Waals surface area contributed by atoms with Crippen LogP contribution in [0.5, 0.6) is 0 Å². The Morgan fingerprint density at radius 1 is 1.10 bits per heavy atom. The van der Waals surface area contributed by atoms with Crippen LogP contribution in [-0.4, -0.2) is 85.3 Å². The number of hydrogen-bond acceptors (Lipinski definition) is 7. The molecule has 1 aromatic rings. The highest BCUT2D eigenvalue weighted by atomic mass is 16.5. The lowest BCUT2D eigenvalue weighted by Gasteiger charge is -2.38. The second-order valence-corrected chi connectivity index (χ2v) is 11.2. The second kappa shape index (κ2) is 16.9. The van der Waals surface area contributed by atoms with E-state index >= 15 is 0 Å². The first-order valence-corrected chi connectivity index (χ1v) is 15.2. The molecule has 2 fully saturated rings. The highest BCUT2D eigenvalue weighted by molar-refractivity contribution is 5.96. The van der Waals surface area contributed by atoms with Gasteiger partial charge in [0.2, 0.25) is 11.9 Å². The summed E-state index contributed by atoms with van der Waals surface area (Å²) in [5.74, 6) is 0.482. The van der Waals surface area contributed by atoms with E-state index in [1.807, 2.05) is 23.1 Å². The number of carbonyl (C=O) groups excluding carboxylic acids is 2. The van der Waals surface area contributed by atoms with Gasteiger partial charge in [-0.3, -0.25) is 15.0 Å². The molecule has 41 heavy (non-hydrogen) atoms. The summed E-state index contributed by atoms with van der Waals surface area (Å²) in [4.78, 5) is 35.3. The Morgan fingerprint density at radius 2 is 1.80 bits per heavy atom. The van der Waals surface area contributed by atoms with Crippen molar-refractivity contribution in [2.45, 2.75) is 83.8 Å². The third-order valence-corrected chi connectivity index (χ3v) is 7.90. The molecule has 1 aromatic carbocycles. The average Bonchev–Trinajstić information content (AvgIpc) is 2.99. The van der Waals surface area contributed by atoms with Crippen molar-refractivity contribution in [3.05, 3.63) is 35.9 Å². The van der Waals surface area contributed by atoms with E-state index in [2.05, 4.69) is 47.6 Å². The molecule has 2 N–H and O–H groups in total. The number of ether oxygens (including phenoxy) is 2. The van der Waals surface area contributed by atoms with Gasteiger partial charge in [0.05, 0.1) is 25.9 Å². The molecule has 2 amide bonds. The van der Waals surface area contributed by atoms with Crippen molar-refractivity contribution >= 4 is 18.0 Å². The standard InChI is InChI=1S/C31H48N6O4/c1-4-6-10-25(3)13-14-27(33-29(34-30(39)41-5-2)37-19-21-40-22-20-37)28(38)35-31(24-32)15-17-36(18-16-31)23-26-11-8-7-9-12-26/h7-9,11-12,25,27H,4-6,10,13-23H2,1-3H3,(H,35,38)(H,33,34,39). The number of alkyl carbamates (subject to hydrolysis) is 1. The smallest absolute Gasteiger partial charge is 0.413 e. The molecule has 0 bridgehead atoms. The number of rotatable bonds is 12. The fourth-order valence-electron chi connectivity index (χ4n) is 5.29. The van der Waals surface area contributed by atoms with Crippen molar-refractivity contribution in [1.29, 1.82) is 5.26 Å². The molecular formula is C31H48N6O4. The molecule has 10 heteroatoms. The summed E-state index contributed by atoms with van der Waals surface area (Å²) in [7, 11) is 0. The predicted molar refractivity (Wildman–Crippen MR) is 159 cm³/mol. The Bertz CT molecular complexity index is 1010. The molecule has 0 spiro atoms. The van der Waals surface area contributed by atoms with Crippen molar-refractivity contribution in [1.82, 2.24) is 20.4 Å². The number of guanidine groups is 1. The van der Waals surface area contributed by atoms with Gasteiger partial charge in [-0.1, -0.05) is 63.4 Å². The summed E-state index contributed by atoms with van der Waals surface area (Å²) in [6.07, 6.45) is 5.19. The normalized spacial score (nSPS) is 19.1. The van der Waals surface area contributed by atoms with E-state index in [9.17, 15) is 14.9 Å². The molecule has 2 aliphatic heterocycles. The summed E-state index contributed by atoms with van der Waals surface area (Å²) in [5.41, 5.74) is 0.289. The number of nitrogens with zero attached hydrogens (tertiary/aromatic N) is 4. The molecule has 0 aromatic heterocycles. The van der Waals surface area contributed by atoms with E-state index in [4.69, 9.17) is 14.5 Å². The number of piperidine rings is 1. The van der Waals surface area contributed by atoms with E-state index in [0.717, 1.165) is 32.2 Å². The van der Waals surface area contributed by atoms with Gasteiger partial charge in [-0.25, -0.2) is 9.79 Å². The topological polar surface area (TPSA) is 119 Å². The summed E-state index contributed by atoms with van der Waals surface area (Å²) >= 11 is 0. The van der Waals surface area contributed by atoms with E-state index in [1.165, 1.54) is 5.56 Å². The Labute approximate surface area is 245 Å². The van der Waals surface area contributed by atoms with Crippen LogP contribution in [0.15, 0.2) is 35.3 Å². The van der Waals surface area contributed by atoms with Gasteiger partial charge in [0.25, 0.3) is 0 Å². The molecule has 0 radical (unpaired) electrons. The molecule has 0 aliphatic carbocycles. The van der Waals surface area contributed by atoms with Crippen LogP contribution in [0, 0.1) is 17.2 Å². The number of carbonyl (C=O) groups is 2. The van der Waals surface area contributed by atoms with E-state index in [0.29, 0.717) is 70.5 Å². The molecule has 2 atom stereocenters. The molecule has 2 heterocycles. The van der Waals surface area contributed by atoms with E-state index < -0.39 is 17.7 Å². The molecule has 10 nitrogen and oxygen atoms in total. The first-order valence-electron chi connectivity index (χ1n) is 15.2. The van der Waals surface area contributed by atoms with Gasteiger partial charge in [-0.2, -0.15) is 5.26 Å². The van der Waals surface area contributed by atoms with Crippen LogP contribution >= 0.6 is 0 Å². The molecule has 2 unspecified atom stereocenters. The molecule has 2 aliphatic rings. The van der Waals surface area contributed by atoms with Crippen LogP contribution < -0.4 is 10.6 Å². The van der Waals surface area contributed by atoms with Gasteiger partial charge in [0, 0.05) is 32.7 Å². The van der Waals surface area contributed by atoms with Crippen molar-refractivity contribution in [3.8, 4) is 6.07 Å². The molecule has 3 rings (SSSR count). The fourth-order valence-corrected chi connectivity index (χ4v) is 5.29. The van der Waals surface area contributed by atoms with Gasteiger partial charge in [0.15, 0.2) is 0 Å². The molecule has 226 valence electrons. The predicted octanol–water partition coefficient (Wildman–Crippen LogP) is 4.07. The van der Waals surface area contributed by atoms with E-state index in [1.54, 1.807) is 6.92 Å². The first kappa shape index (κ1) is 32.4. The number of benzene rings is 1. The summed E-state index contributed by atoms with van der Waals surface area (Å²) < 4.78 is 10.6. The SMILES string of the molecule is CCCCC(C)CCC(N=C(NC(=O)OCC)N1CCOCC1)C(=O)NC1(C#N)CCN(Cc2ccccc2)CC1. The zero-order valence-corrected chi connectivity index (χ0v) is 25.1. The molecule has 0 saturated carbocycles. The van der Waals surface area contributed by atoms with Gasteiger partial charge >= 0.3 is 6.09 Å². The fraction of sp³-hybridized carbons (Fsp3) is 0.677. The summed E-state index contributed by atoms with van der Waals surface area (Å²) in [6.45, 7) is 10.7. The minimum Gasteiger partial charge on any atom is -0.450 e. The lowest BCUT2D eigenvalue weighted by Crippen LogP contribution is -2.56. The van der Waals surface area contributed by atoms with Crippen molar-refractivity contribution in [2.24, 2.45) is 10.9 Å². The average molecular weight is 569 g/mol. The lowest BCUT2D eigenvalue weighted by molar-refractivity contribution is -0.124. The maximum absolute atomic E-state index is 13.8. The number of aliphatic imine (C=N–C) groups is 1. The Hall–Kier alpha value is -3.16. The maximum atomic E-state index is 13.8. The lowest BCUT2D eigenvalue weighted by atomic mass is 9.88. The summed E-state index contributed by atoms with van der Waals surface area (Å²) in [5, 5.41) is 16.1. The second-order valence-electron chi connectivity index (χ2n) is 11.2. The molecular weight excluding hydrogens is 520 g/mol. The number of hydrogen-bond donors (Lipinski definition) is 2. The molecule has 2 saturated heterocycles. The Morgan fingerprint density at radius 3 is 2.44 bits per heavy atom. The van der Waals surface area contributed by atoms with Crippen molar-refractivity contribution in [3.63, 3.8) is 0 Å². The minimum absolute atomic E-state index is 0.229. The Kier molecular flexibility index (Phi) is 13.4. The number of nitriles is 1. The van der Waals surface area contributed by atoms with Crippen LogP contribution in [0.4, 0.5) is 4.79 Å². The Balaban J connectivity index is 1.75. The van der Waals surface area contributed by atoms with Gasteiger partial charge in [-0.05, 0) is 44.1 Å². The van der Waals surface area contributed by atoms with Gasteiger partial charge in [0.1, 0.15) is 11.6 Å². The first-order chi connectivity index (χ1) is 19.9. The van der Waals surface area contributed by atoms with Crippen LogP contribution in [-0.2, 0) is 20.8 Å². The zero-order chi connectivity index (χ0) is 29.5. The number of morpholine rings is 1. The third-order valence-electron chi connectivity index (χ3n) is 7.90. The van der Waals surface area contributed by atoms with Crippen molar-refractivity contribution < 1.29 is 19.1 Å². The number of amides is 2. The minimum atomic E-state index is -0.945. The van der Waals surface area contributed by atoms with Crippen LogP contribution in [0.3, 0.4) is 0 Å². The van der Waals surface area contributed by atoms with Crippen LogP contribution in [0.2, 0.25) is 0 Å². The monoisotopic (exact) mass is 568 g/mol. The van der Waals surface area contributed by atoms with Gasteiger partial charge < -0.3 is 19.7 Å². The number of nitrogens with one attached hydrogen (secondary N) is 2. The van der Waals surface area contributed by atoms with Crippen LogP contribution in [0.1, 0.15) is 71.3 Å². The van der Waals surface area contributed by atoms with Crippen molar-refractivity contribution in [2.75, 3.05) is 46.0 Å². The zero-order valence-electron chi connectivity index (χ0n) is 25.1. The largest absolute Gasteiger partial charge is 0.450 e. The van der Waals surface area contributed by atoms with Gasteiger partial charge in [-0.15, -0.1) is 0 Å². The third kappa shape index (κ3) is 10.6. The summed E-state index contributed by atoms with van der Waals surface area (Å²) in [6, 6.07) is 12.0. The number of unbranched alkanes of at least 4 members (excludes halogenated alkanes) is 1.